The van der Waals surface area contributed by atoms with E-state index in [4.69, 9.17) is 11.6 Å². The Morgan fingerprint density at radius 3 is 3.00 bits per heavy atom. The first-order valence-electron chi connectivity index (χ1n) is 5.97. The SMILES string of the molecule is Bc1cc(Cl)cc(/C=N/c2ccc3[nH]nnc3c2)c1O. The molecule has 3 rings (SSSR count). The number of rotatable bonds is 2. The van der Waals surface area contributed by atoms with E-state index in [1.54, 1.807) is 26.2 Å². The summed E-state index contributed by atoms with van der Waals surface area (Å²) >= 11 is 5.97. The van der Waals surface area contributed by atoms with Gasteiger partial charge in [-0.1, -0.05) is 16.8 Å². The van der Waals surface area contributed by atoms with Crippen LogP contribution in [0.5, 0.6) is 5.75 Å². The van der Waals surface area contributed by atoms with Crippen molar-refractivity contribution in [3.63, 3.8) is 0 Å². The summed E-state index contributed by atoms with van der Waals surface area (Å²) in [6.07, 6.45) is 1.58. The summed E-state index contributed by atoms with van der Waals surface area (Å²) in [4.78, 5) is 4.32. The van der Waals surface area contributed by atoms with Gasteiger partial charge in [-0.25, -0.2) is 0 Å². The number of fused-ring (bicyclic) bond motifs is 1. The lowest BCUT2D eigenvalue weighted by Crippen LogP contribution is -2.04. The Morgan fingerprint density at radius 1 is 1.30 bits per heavy atom. The molecule has 5 nitrogen and oxygen atoms in total. The van der Waals surface area contributed by atoms with Gasteiger partial charge in [-0.2, -0.15) is 0 Å². The largest absolute Gasteiger partial charge is 0.508 e. The topological polar surface area (TPSA) is 74.2 Å². The minimum absolute atomic E-state index is 0.181. The van der Waals surface area contributed by atoms with Crippen molar-refractivity contribution in [1.82, 2.24) is 15.4 Å². The Bertz CT molecular complexity index is 815. The van der Waals surface area contributed by atoms with Gasteiger partial charge >= 0.3 is 0 Å². The minimum atomic E-state index is 0.181. The second-order valence-corrected chi connectivity index (χ2v) is 4.87. The predicted octanol–water partition coefficient (Wildman–Crippen LogP) is 1.33. The van der Waals surface area contributed by atoms with Gasteiger partial charge in [0, 0.05) is 16.8 Å². The third kappa shape index (κ3) is 2.37. The summed E-state index contributed by atoms with van der Waals surface area (Å²) in [5.74, 6) is 0.181. The van der Waals surface area contributed by atoms with E-state index >= 15 is 0 Å². The van der Waals surface area contributed by atoms with Gasteiger partial charge in [0.05, 0.1) is 11.2 Å². The Balaban J connectivity index is 1.97. The lowest BCUT2D eigenvalue weighted by atomic mass is 9.93. The molecule has 0 aliphatic carbocycles. The second-order valence-electron chi connectivity index (χ2n) is 4.43. The molecule has 3 aromatic rings. The molecule has 7 heteroatoms. The van der Waals surface area contributed by atoms with Crippen molar-refractivity contribution in [1.29, 1.82) is 0 Å². The second kappa shape index (κ2) is 4.98. The fraction of sp³-hybridized carbons (Fsp3) is 0. The molecule has 0 aliphatic heterocycles. The molecular weight excluding hydrogens is 274 g/mol. The van der Waals surface area contributed by atoms with E-state index in [1.807, 2.05) is 18.2 Å². The van der Waals surface area contributed by atoms with Crippen molar-refractivity contribution in [2.75, 3.05) is 0 Å². The number of nitrogens with one attached hydrogen (secondary N) is 1. The number of benzene rings is 2. The maximum atomic E-state index is 9.96. The van der Waals surface area contributed by atoms with Crippen LogP contribution in [0.1, 0.15) is 5.56 Å². The molecule has 0 amide bonds. The van der Waals surface area contributed by atoms with Gasteiger partial charge in [0.25, 0.3) is 0 Å². The van der Waals surface area contributed by atoms with Crippen molar-refractivity contribution in [2.45, 2.75) is 0 Å². The number of hydrogen-bond donors (Lipinski definition) is 2. The van der Waals surface area contributed by atoms with Crippen molar-refractivity contribution < 1.29 is 5.11 Å². The van der Waals surface area contributed by atoms with Crippen molar-refractivity contribution in [3.05, 3.63) is 40.9 Å². The molecule has 1 heterocycles. The lowest BCUT2D eigenvalue weighted by Gasteiger charge is -2.03. The fourth-order valence-electron chi connectivity index (χ4n) is 1.91. The van der Waals surface area contributed by atoms with Crippen LogP contribution in [0.4, 0.5) is 5.69 Å². The maximum absolute atomic E-state index is 9.96. The van der Waals surface area contributed by atoms with E-state index in [9.17, 15) is 5.11 Å². The van der Waals surface area contributed by atoms with E-state index < -0.39 is 0 Å². The highest BCUT2D eigenvalue weighted by Crippen LogP contribution is 2.20. The standard InChI is InChI=1S/C13H10BClN4O/c14-10-4-8(15)3-7(13(10)20)6-16-9-1-2-11-12(5-9)18-19-17-11/h1-6,20H,14H2,(H,17,18,19)/b16-6+. The van der Waals surface area contributed by atoms with Gasteiger partial charge in [-0.05, 0) is 35.8 Å². The summed E-state index contributed by atoms with van der Waals surface area (Å²) in [5, 5.41) is 20.9. The van der Waals surface area contributed by atoms with E-state index in [0.717, 1.165) is 16.7 Å². The van der Waals surface area contributed by atoms with Gasteiger partial charge in [0.15, 0.2) is 0 Å². The zero-order chi connectivity index (χ0) is 14.1. The minimum Gasteiger partial charge on any atom is -0.508 e. The zero-order valence-corrected chi connectivity index (χ0v) is 11.4. The third-order valence-corrected chi connectivity index (χ3v) is 3.18. The van der Waals surface area contributed by atoms with E-state index in [-0.39, 0.29) is 5.75 Å². The van der Waals surface area contributed by atoms with Gasteiger partial charge in [-0.3, -0.25) is 10.1 Å². The van der Waals surface area contributed by atoms with Crippen molar-refractivity contribution in [3.8, 4) is 5.75 Å². The average molecular weight is 285 g/mol. The van der Waals surface area contributed by atoms with Crippen LogP contribution in [0.3, 0.4) is 0 Å². The van der Waals surface area contributed by atoms with Crippen LogP contribution in [0, 0.1) is 0 Å². The van der Waals surface area contributed by atoms with Gasteiger partial charge in [-0.15, -0.1) is 5.10 Å². The molecular formula is C13H10BClN4O. The first-order chi connectivity index (χ1) is 9.63. The number of aromatic hydroxyl groups is 1. The highest BCUT2D eigenvalue weighted by atomic mass is 35.5. The molecule has 0 spiro atoms. The highest BCUT2D eigenvalue weighted by Gasteiger charge is 2.04. The third-order valence-electron chi connectivity index (χ3n) is 2.96. The Labute approximate surface area is 120 Å². The highest BCUT2D eigenvalue weighted by molar-refractivity contribution is 6.38. The summed E-state index contributed by atoms with van der Waals surface area (Å²) in [6, 6.07) is 8.87. The molecule has 0 bridgehead atoms. The van der Waals surface area contributed by atoms with E-state index in [0.29, 0.717) is 16.0 Å². The molecule has 20 heavy (non-hydrogen) atoms. The predicted molar refractivity (Wildman–Crippen MR) is 82.4 cm³/mol. The zero-order valence-electron chi connectivity index (χ0n) is 10.6. The number of aromatic nitrogens is 3. The average Bonchev–Trinajstić information content (AvgIpc) is 2.88. The van der Waals surface area contributed by atoms with Crippen LogP contribution < -0.4 is 5.46 Å². The van der Waals surface area contributed by atoms with Crippen LogP contribution in [0.25, 0.3) is 11.0 Å². The number of halogens is 1. The Hall–Kier alpha value is -2.34. The van der Waals surface area contributed by atoms with Crippen molar-refractivity contribution >= 4 is 47.8 Å². The number of hydrogen-bond acceptors (Lipinski definition) is 4. The first kappa shape index (κ1) is 12.7. The van der Waals surface area contributed by atoms with Crippen LogP contribution >= 0.6 is 11.6 Å². The summed E-state index contributed by atoms with van der Waals surface area (Å²) < 4.78 is 0. The molecule has 0 radical (unpaired) electrons. The molecule has 0 unspecified atom stereocenters. The van der Waals surface area contributed by atoms with E-state index in [1.165, 1.54) is 0 Å². The number of H-pyrrole nitrogens is 1. The Kier molecular flexibility index (Phi) is 3.16. The molecule has 2 N–H and O–H groups in total. The fourth-order valence-corrected chi connectivity index (χ4v) is 2.20. The van der Waals surface area contributed by atoms with Gasteiger partial charge in [0.2, 0.25) is 0 Å². The van der Waals surface area contributed by atoms with Crippen LogP contribution in [-0.4, -0.2) is 34.6 Å². The molecule has 1 aromatic heterocycles. The molecule has 0 atom stereocenters. The summed E-state index contributed by atoms with van der Waals surface area (Å²) in [5.41, 5.74) is 3.61. The number of aromatic amines is 1. The number of phenols is 1. The monoisotopic (exact) mass is 284 g/mol. The number of aliphatic imine (C=N–C) groups is 1. The maximum Gasteiger partial charge on any atom is 0.144 e. The number of phenolic OH excluding ortho intramolecular Hbond substituents is 1. The molecule has 0 saturated carbocycles. The molecule has 2 aromatic carbocycles. The molecule has 98 valence electrons. The van der Waals surface area contributed by atoms with Crippen LogP contribution in [0.15, 0.2) is 35.3 Å². The smallest absolute Gasteiger partial charge is 0.144 e. The lowest BCUT2D eigenvalue weighted by molar-refractivity contribution is 0.479. The van der Waals surface area contributed by atoms with E-state index in [2.05, 4.69) is 20.4 Å². The van der Waals surface area contributed by atoms with Gasteiger partial charge < -0.3 is 5.11 Å². The van der Waals surface area contributed by atoms with Crippen molar-refractivity contribution in [2.24, 2.45) is 4.99 Å². The molecule has 0 aliphatic rings. The molecule has 0 saturated heterocycles. The quantitative estimate of drug-likeness (QED) is 0.551. The molecule has 0 fully saturated rings. The van der Waals surface area contributed by atoms with Gasteiger partial charge in [0.1, 0.15) is 19.1 Å². The summed E-state index contributed by atoms with van der Waals surface area (Å²) in [7, 11) is 1.79. The first-order valence-corrected chi connectivity index (χ1v) is 6.35. The summed E-state index contributed by atoms with van der Waals surface area (Å²) in [6.45, 7) is 0. The van der Waals surface area contributed by atoms with Crippen LogP contribution in [0.2, 0.25) is 5.02 Å². The number of nitrogens with zero attached hydrogens (tertiary/aromatic N) is 3. The normalized spacial score (nSPS) is 11.4. The Morgan fingerprint density at radius 2 is 2.15 bits per heavy atom. The van der Waals surface area contributed by atoms with Crippen LogP contribution in [-0.2, 0) is 0 Å².